The molecule has 0 bridgehead atoms. The smallest absolute Gasteiger partial charge is 0.255 e. The number of carbonyl (C=O) groups excluding carboxylic acids is 1. The van der Waals surface area contributed by atoms with E-state index in [0.29, 0.717) is 11.3 Å². The number of benzene rings is 1. The molecule has 18 heavy (non-hydrogen) atoms. The molecule has 2 aromatic rings. The molecule has 0 fully saturated rings. The number of amides is 1. The molecule has 1 atom stereocenters. The van der Waals surface area contributed by atoms with Crippen LogP contribution in [0.4, 0.5) is 5.69 Å². The zero-order valence-corrected chi connectivity index (χ0v) is 10.1. The van der Waals surface area contributed by atoms with Crippen LogP contribution in [0.15, 0.2) is 48.8 Å². The van der Waals surface area contributed by atoms with Crippen LogP contribution in [0.2, 0.25) is 0 Å². The quantitative estimate of drug-likeness (QED) is 0.865. The summed E-state index contributed by atoms with van der Waals surface area (Å²) in [6.45, 7) is 1.93. The molecule has 4 heteroatoms. The minimum atomic E-state index is -0.211. The van der Waals surface area contributed by atoms with Gasteiger partial charge in [0.05, 0.1) is 11.6 Å². The van der Waals surface area contributed by atoms with Gasteiger partial charge in [-0.15, -0.1) is 0 Å². The summed E-state index contributed by atoms with van der Waals surface area (Å²) in [5.74, 6) is -0.211. The molecule has 0 saturated heterocycles. The van der Waals surface area contributed by atoms with Gasteiger partial charge in [0.2, 0.25) is 0 Å². The van der Waals surface area contributed by atoms with Crippen molar-refractivity contribution < 1.29 is 4.79 Å². The zero-order chi connectivity index (χ0) is 13.0. The number of hydrogen-bond acceptors (Lipinski definition) is 3. The summed E-state index contributed by atoms with van der Waals surface area (Å²) in [5, 5.41) is 2.89. The Kier molecular flexibility index (Phi) is 3.57. The van der Waals surface area contributed by atoms with Gasteiger partial charge in [0.25, 0.3) is 5.91 Å². The zero-order valence-electron chi connectivity index (χ0n) is 10.1. The number of rotatable bonds is 3. The molecule has 1 aromatic heterocycles. The van der Waals surface area contributed by atoms with E-state index in [1.807, 2.05) is 37.3 Å². The van der Waals surface area contributed by atoms with E-state index in [9.17, 15) is 4.79 Å². The van der Waals surface area contributed by atoms with E-state index in [1.165, 1.54) is 6.20 Å². The van der Waals surface area contributed by atoms with Crippen LogP contribution in [0, 0.1) is 0 Å². The number of nitrogens with two attached hydrogens (primary N) is 1. The van der Waals surface area contributed by atoms with E-state index in [4.69, 9.17) is 5.73 Å². The number of hydrogen-bond donors (Lipinski definition) is 2. The summed E-state index contributed by atoms with van der Waals surface area (Å²) in [5.41, 5.74) is 7.62. The highest BCUT2D eigenvalue weighted by Gasteiger charge is 2.13. The molecule has 4 nitrogen and oxygen atoms in total. The highest BCUT2D eigenvalue weighted by Crippen LogP contribution is 2.14. The molecule has 0 aliphatic heterocycles. The van der Waals surface area contributed by atoms with Crippen molar-refractivity contribution in [3.63, 3.8) is 0 Å². The second-order valence-electron chi connectivity index (χ2n) is 4.07. The van der Waals surface area contributed by atoms with Gasteiger partial charge in [-0.05, 0) is 18.6 Å². The van der Waals surface area contributed by atoms with Gasteiger partial charge in [-0.3, -0.25) is 9.78 Å². The topological polar surface area (TPSA) is 68.0 Å². The maximum Gasteiger partial charge on any atom is 0.255 e. The number of nitrogens with zero attached hydrogens (tertiary/aromatic N) is 1. The van der Waals surface area contributed by atoms with E-state index < -0.39 is 0 Å². The van der Waals surface area contributed by atoms with E-state index in [-0.39, 0.29) is 11.9 Å². The molecular formula is C14H15N3O. The fraction of sp³-hybridized carbons (Fsp3) is 0.143. The first kappa shape index (κ1) is 12.1. The van der Waals surface area contributed by atoms with Crippen molar-refractivity contribution in [2.24, 2.45) is 0 Å². The minimum Gasteiger partial charge on any atom is -0.398 e. The summed E-state index contributed by atoms with van der Waals surface area (Å²) in [7, 11) is 0. The van der Waals surface area contributed by atoms with Gasteiger partial charge < -0.3 is 11.1 Å². The number of aromatic nitrogens is 1. The van der Waals surface area contributed by atoms with Gasteiger partial charge in [-0.1, -0.05) is 30.3 Å². The number of carbonyl (C=O) groups is 1. The Labute approximate surface area is 106 Å². The third-order valence-electron chi connectivity index (χ3n) is 2.75. The molecule has 2 rings (SSSR count). The monoisotopic (exact) mass is 241 g/mol. The fourth-order valence-electron chi connectivity index (χ4n) is 1.69. The lowest BCUT2D eigenvalue weighted by Crippen LogP contribution is -2.27. The van der Waals surface area contributed by atoms with E-state index in [1.54, 1.807) is 12.3 Å². The molecule has 0 aliphatic carbocycles. The van der Waals surface area contributed by atoms with Crippen molar-refractivity contribution in [1.29, 1.82) is 0 Å². The van der Waals surface area contributed by atoms with Gasteiger partial charge in [0, 0.05) is 18.1 Å². The molecule has 92 valence electrons. The second kappa shape index (κ2) is 5.31. The molecule has 3 N–H and O–H groups in total. The summed E-state index contributed by atoms with van der Waals surface area (Å²) in [6, 6.07) is 11.3. The summed E-state index contributed by atoms with van der Waals surface area (Å²) >= 11 is 0. The Hall–Kier alpha value is -2.36. The van der Waals surface area contributed by atoms with Crippen LogP contribution in [0.5, 0.6) is 0 Å². The van der Waals surface area contributed by atoms with Crippen LogP contribution in [0.3, 0.4) is 0 Å². The molecular weight excluding hydrogens is 226 g/mol. The Morgan fingerprint density at radius 3 is 2.67 bits per heavy atom. The van der Waals surface area contributed by atoms with Crippen molar-refractivity contribution in [3.8, 4) is 0 Å². The third-order valence-corrected chi connectivity index (χ3v) is 2.75. The molecule has 1 unspecified atom stereocenters. The van der Waals surface area contributed by atoms with Crippen LogP contribution in [-0.2, 0) is 0 Å². The number of pyridine rings is 1. The number of nitrogens with one attached hydrogen (secondary N) is 1. The maximum atomic E-state index is 12.0. The molecule has 1 amide bonds. The summed E-state index contributed by atoms with van der Waals surface area (Å²) < 4.78 is 0. The predicted octanol–water partition coefficient (Wildman–Crippen LogP) is 2.15. The lowest BCUT2D eigenvalue weighted by atomic mass is 10.1. The van der Waals surface area contributed by atoms with E-state index >= 15 is 0 Å². The Bertz CT molecular complexity index is 540. The van der Waals surface area contributed by atoms with Gasteiger partial charge in [0.1, 0.15) is 0 Å². The Morgan fingerprint density at radius 2 is 2.00 bits per heavy atom. The van der Waals surface area contributed by atoms with Crippen LogP contribution in [-0.4, -0.2) is 10.9 Å². The highest BCUT2D eigenvalue weighted by molar-refractivity contribution is 5.98. The molecule has 0 aliphatic rings. The first-order valence-electron chi connectivity index (χ1n) is 5.74. The van der Waals surface area contributed by atoms with E-state index in [2.05, 4.69) is 10.3 Å². The fourth-order valence-corrected chi connectivity index (χ4v) is 1.69. The van der Waals surface area contributed by atoms with Crippen molar-refractivity contribution >= 4 is 11.6 Å². The first-order valence-corrected chi connectivity index (χ1v) is 5.74. The third kappa shape index (κ3) is 2.66. The average Bonchev–Trinajstić information content (AvgIpc) is 2.40. The molecule has 0 radical (unpaired) electrons. The average molecular weight is 241 g/mol. The van der Waals surface area contributed by atoms with Crippen LogP contribution in [0.25, 0.3) is 0 Å². The summed E-state index contributed by atoms with van der Waals surface area (Å²) in [4.78, 5) is 15.9. The molecule has 0 saturated carbocycles. The lowest BCUT2D eigenvalue weighted by molar-refractivity contribution is 0.0940. The normalized spacial score (nSPS) is 11.8. The highest BCUT2D eigenvalue weighted by atomic mass is 16.1. The van der Waals surface area contributed by atoms with Gasteiger partial charge in [-0.25, -0.2) is 0 Å². The number of nitrogen functional groups attached to an aromatic ring is 1. The minimum absolute atomic E-state index is 0.0710. The van der Waals surface area contributed by atoms with Crippen molar-refractivity contribution in [3.05, 3.63) is 59.9 Å². The predicted molar refractivity (Wildman–Crippen MR) is 71.0 cm³/mol. The number of anilines is 1. The Morgan fingerprint density at radius 1 is 1.28 bits per heavy atom. The molecule has 1 heterocycles. The van der Waals surface area contributed by atoms with Crippen LogP contribution < -0.4 is 11.1 Å². The van der Waals surface area contributed by atoms with Crippen molar-refractivity contribution in [2.75, 3.05) is 5.73 Å². The van der Waals surface area contributed by atoms with Gasteiger partial charge in [-0.2, -0.15) is 0 Å². The second-order valence-corrected chi connectivity index (χ2v) is 4.07. The largest absolute Gasteiger partial charge is 0.398 e. The molecule has 1 aromatic carbocycles. The van der Waals surface area contributed by atoms with E-state index in [0.717, 1.165) is 5.56 Å². The van der Waals surface area contributed by atoms with Crippen molar-refractivity contribution in [1.82, 2.24) is 10.3 Å². The summed E-state index contributed by atoms with van der Waals surface area (Å²) in [6.07, 6.45) is 3.04. The van der Waals surface area contributed by atoms with Crippen LogP contribution >= 0.6 is 0 Å². The van der Waals surface area contributed by atoms with Gasteiger partial charge in [0.15, 0.2) is 0 Å². The standard InChI is InChI=1S/C14H15N3O/c1-10(11-5-3-2-4-6-11)17-14(18)12-9-16-8-7-13(12)15/h2-10H,1H3,(H2,15,16)(H,17,18). The molecule has 0 spiro atoms. The van der Waals surface area contributed by atoms with Crippen molar-refractivity contribution in [2.45, 2.75) is 13.0 Å². The first-order chi connectivity index (χ1) is 8.68. The van der Waals surface area contributed by atoms with Gasteiger partial charge >= 0.3 is 0 Å². The maximum absolute atomic E-state index is 12.0. The lowest BCUT2D eigenvalue weighted by Gasteiger charge is -2.14. The SMILES string of the molecule is CC(NC(=O)c1cnccc1N)c1ccccc1. The Balaban J connectivity index is 2.11. The van der Waals surface area contributed by atoms with Crippen LogP contribution in [0.1, 0.15) is 28.9 Å².